The molecule has 1 aromatic rings. The molecule has 2 N–H and O–H groups in total. The minimum absolute atomic E-state index is 0.246. The molecule has 5 nitrogen and oxygen atoms in total. The molecule has 1 amide bonds. The van der Waals surface area contributed by atoms with E-state index in [-0.39, 0.29) is 12.5 Å². The zero-order chi connectivity index (χ0) is 16.9. The van der Waals surface area contributed by atoms with Gasteiger partial charge in [-0.2, -0.15) is 5.26 Å². The molecule has 1 atom stereocenters. The van der Waals surface area contributed by atoms with Crippen molar-refractivity contribution in [3.8, 4) is 6.07 Å². The molecule has 22 heavy (non-hydrogen) atoms. The zero-order valence-electron chi connectivity index (χ0n) is 14.0. The fourth-order valence-electron chi connectivity index (χ4n) is 2.37. The molecule has 0 fully saturated rings. The van der Waals surface area contributed by atoms with Crippen LogP contribution in [0.3, 0.4) is 0 Å². The molecule has 120 valence electrons. The summed E-state index contributed by atoms with van der Waals surface area (Å²) < 4.78 is 5.41. The van der Waals surface area contributed by atoms with Crippen LogP contribution in [-0.2, 0) is 11.3 Å². The first-order valence-corrected chi connectivity index (χ1v) is 7.56. The molecule has 0 radical (unpaired) electrons. The maximum Gasteiger partial charge on any atom is 0.411 e. The Bertz CT molecular complexity index is 570. The fourth-order valence-corrected chi connectivity index (χ4v) is 2.37. The molecule has 1 aliphatic heterocycles. The third-order valence-electron chi connectivity index (χ3n) is 3.16. The van der Waals surface area contributed by atoms with Gasteiger partial charge in [0.25, 0.3) is 0 Å². The Hall–Kier alpha value is -2.22. The molecule has 0 aromatic heterocycles. The Balaban J connectivity index is 0.00000116. The second-order valence-corrected chi connectivity index (χ2v) is 5.94. The van der Waals surface area contributed by atoms with Crippen LogP contribution in [0.1, 0.15) is 58.2 Å². The predicted molar refractivity (Wildman–Crippen MR) is 87.0 cm³/mol. The lowest BCUT2D eigenvalue weighted by Crippen LogP contribution is -2.35. The topological polar surface area (TPSA) is 79.3 Å². The molecular formula is C17H25N3O2. The van der Waals surface area contributed by atoms with E-state index in [1.165, 1.54) is 0 Å². The summed E-state index contributed by atoms with van der Waals surface area (Å²) in [5.41, 5.74) is 7.84. The lowest BCUT2D eigenvalue weighted by Gasteiger charge is -2.27. The molecular weight excluding hydrogens is 278 g/mol. The van der Waals surface area contributed by atoms with Gasteiger partial charge in [0, 0.05) is 5.69 Å². The highest BCUT2D eigenvalue weighted by atomic mass is 16.6. The highest BCUT2D eigenvalue weighted by Crippen LogP contribution is 2.37. The molecule has 0 saturated heterocycles. The van der Waals surface area contributed by atoms with E-state index < -0.39 is 11.7 Å². The fraction of sp³-hybridized carbons (Fsp3) is 0.529. The molecule has 5 heteroatoms. The third-order valence-corrected chi connectivity index (χ3v) is 3.16. The van der Waals surface area contributed by atoms with E-state index in [1.807, 2.05) is 46.8 Å². The molecule has 1 aromatic carbocycles. The van der Waals surface area contributed by atoms with Crippen molar-refractivity contribution in [1.82, 2.24) is 4.90 Å². The summed E-state index contributed by atoms with van der Waals surface area (Å²) >= 11 is 0. The number of nitrogens with zero attached hydrogens (tertiary/aromatic N) is 2. The van der Waals surface area contributed by atoms with Crippen molar-refractivity contribution < 1.29 is 9.53 Å². The van der Waals surface area contributed by atoms with Crippen LogP contribution in [0.15, 0.2) is 18.2 Å². The van der Waals surface area contributed by atoms with Crippen molar-refractivity contribution in [2.45, 2.75) is 59.2 Å². The lowest BCUT2D eigenvalue weighted by atomic mass is 10.0. The summed E-state index contributed by atoms with van der Waals surface area (Å²) in [5.74, 6) is 0. The molecule has 0 spiro atoms. The number of nitrogens with two attached hydrogens (primary N) is 1. The average Bonchev–Trinajstić information content (AvgIpc) is 2.78. The molecule has 1 heterocycles. The normalized spacial score (nSPS) is 16.2. The van der Waals surface area contributed by atoms with E-state index in [0.29, 0.717) is 12.2 Å². The molecule has 0 aliphatic carbocycles. The second-order valence-electron chi connectivity index (χ2n) is 5.94. The van der Waals surface area contributed by atoms with Crippen molar-refractivity contribution in [1.29, 1.82) is 5.26 Å². The van der Waals surface area contributed by atoms with Crippen LogP contribution in [0.4, 0.5) is 10.5 Å². The zero-order valence-corrected chi connectivity index (χ0v) is 14.0. The number of benzene rings is 1. The first-order valence-electron chi connectivity index (χ1n) is 7.56. The predicted octanol–water partition coefficient (Wildman–Crippen LogP) is 4.00. The van der Waals surface area contributed by atoms with Crippen molar-refractivity contribution in [2.75, 3.05) is 5.73 Å². The van der Waals surface area contributed by atoms with Gasteiger partial charge in [0.15, 0.2) is 0 Å². The van der Waals surface area contributed by atoms with Gasteiger partial charge in [-0.25, -0.2) is 4.79 Å². The van der Waals surface area contributed by atoms with Gasteiger partial charge in [0.2, 0.25) is 0 Å². The number of hydrogen-bond donors (Lipinski definition) is 1. The number of nitrogen functional groups attached to an aromatic ring is 1. The summed E-state index contributed by atoms with van der Waals surface area (Å²) in [4.78, 5) is 13.9. The molecule has 2 rings (SSSR count). The summed E-state index contributed by atoms with van der Waals surface area (Å²) in [7, 11) is 0. The Morgan fingerprint density at radius 2 is 2.09 bits per heavy atom. The summed E-state index contributed by atoms with van der Waals surface area (Å²) in [6, 6.07) is 7.40. The summed E-state index contributed by atoms with van der Waals surface area (Å²) in [6.07, 6.45) is -0.150. The van der Waals surface area contributed by atoms with Crippen molar-refractivity contribution >= 4 is 11.8 Å². The van der Waals surface area contributed by atoms with Gasteiger partial charge in [0.05, 0.1) is 25.1 Å². The molecule has 1 unspecified atom stereocenters. The summed E-state index contributed by atoms with van der Waals surface area (Å²) in [5, 5.41) is 8.99. The Labute approximate surface area is 132 Å². The Kier molecular flexibility index (Phi) is 5.81. The first kappa shape index (κ1) is 17.8. The van der Waals surface area contributed by atoms with Crippen LogP contribution in [-0.4, -0.2) is 16.6 Å². The SMILES string of the molecule is CC.CC(C)(C)OC(=O)N1Cc2cc(N)ccc2C1CC#N. The largest absolute Gasteiger partial charge is 0.444 e. The Morgan fingerprint density at radius 1 is 1.45 bits per heavy atom. The minimum Gasteiger partial charge on any atom is -0.444 e. The average molecular weight is 303 g/mol. The van der Waals surface area contributed by atoms with Crippen LogP contribution in [0.5, 0.6) is 0 Å². The molecule has 0 bridgehead atoms. The number of carbonyl (C=O) groups is 1. The van der Waals surface area contributed by atoms with Crippen LogP contribution in [0.2, 0.25) is 0 Å². The van der Waals surface area contributed by atoms with Gasteiger partial charge in [-0.05, 0) is 44.0 Å². The number of anilines is 1. The Morgan fingerprint density at radius 3 is 2.64 bits per heavy atom. The second kappa shape index (κ2) is 7.17. The maximum atomic E-state index is 12.3. The van der Waals surface area contributed by atoms with Gasteiger partial charge in [0.1, 0.15) is 5.60 Å². The number of carbonyl (C=O) groups excluding carboxylic acids is 1. The van der Waals surface area contributed by atoms with Crippen molar-refractivity contribution in [3.05, 3.63) is 29.3 Å². The number of fused-ring (bicyclic) bond motifs is 1. The quantitative estimate of drug-likeness (QED) is 0.795. The number of rotatable bonds is 1. The highest BCUT2D eigenvalue weighted by Gasteiger charge is 2.35. The third kappa shape index (κ3) is 4.14. The van der Waals surface area contributed by atoms with Gasteiger partial charge in [-0.3, -0.25) is 4.90 Å². The van der Waals surface area contributed by atoms with Crippen molar-refractivity contribution in [3.63, 3.8) is 0 Å². The smallest absolute Gasteiger partial charge is 0.411 e. The van der Waals surface area contributed by atoms with Crippen molar-refractivity contribution in [2.24, 2.45) is 0 Å². The standard InChI is InChI=1S/C15H19N3O2.C2H6/c1-15(2,3)20-14(19)18-9-10-8-11(17)4-5-12(10)13(18)6-7-16;1-2/h4-5,8,13H,6,9,17H2,1-3H3;1-2H3. The maximum absolute atomic E-state index is 12.3. The van der Waals surface area contributed by atoms with Crippen LogP contribution in [0.25, 0.3) is 0 Å². The van der Waals surface area contributed by atoms with E-state index in [2.05, 4.69) is 6.07 Å². The number of ether oxygens (including phenoxy) is 1. The van der Waals surface area contributed by atoms with Crippen LogP contribution in [0, 0.1) is 11.3 Å². The van der Waals surface area contributed by atoms with Crippen LogP contribution < -0.4 is 5.73 Å². The van der Waals surface area contributed by atoms with Crippen LogP contribution >= 0.6 is 0 Å². The molecule has 0 saturated carbocycles. The first-order chi connectivity index (χ1) is 10.3. The number of nitriles is 1. The monoisotopic (exact) mass is 303 g/mol. The minimum atomic E-state index is -0.553. The summed E-state index contributed by atoms with van der Waals surface area (Å²) in [6.45, 7) is 9.91. The molecule has 1 aliphatic rings. The van der Waals surface area contributed by atoms with E-state index in [9.17, 15) is 4.79 Å². The van der Waals surface area contributed by atoms with Gasteiger partial charge >= 0.3 is 6.09 Å². The lowest BCUT2D eigenvalue weighted by molar-refractivity contribution is 0.0176. The number of hydrogen-bond acceptors (Lipinski definition) is 4. The van der Waals surface area contributed by atoms with Gasteiger partial charge in [-0.1, -0.05) is 19.9 Å². The van der Waals surface area contributed by atoms with E-state index in [1.54, 1.807) is 11.0 Å². The van der Waals surface area contributed by atoms with E-state index >= 15 is 0 Å². The highest BCUT2D eigenvalue weighted by molar-refractivity contribution is 5.70. The van der Waals surface area contributed by atoms with E-state index in [4.69, 9.17) is 15.7 Å². The van der Waals surface area contributed by atoms with E-state index in [0.717, 1.165) is 11.1 Å². The van der Waals surface area contributed by atoms with Gasteiger partial charge in [-0.15, -0.1) is 0 Å². The number of amides is 1. The van der Waals surface area contributed by atoms with Gasteiger partial charge < -0.3 is 10.5 Å².